The summed E-state index contributed by atoms with van der Waals surface area (Å²) in [5.41, 5.74) is 3.28. The minimum absolute atomic E-state index is 0.153. The van der Waals surface area contributed by atoms with Crippen molar-refractivity contribution in [1.29, 1.82) is 0 Å². The van der Waals surface area contributed by atoms with Crippen LogP contribution in [0.5, 0.6) is 5.75 Å². The van der Waals surface area contributed by atoms with Gasteiger partial charge in [-0.25, -0.2) is 0 Å². The van der Waals surface area contributed by atoms with Crippen LogP contribution in [0, 0.1) is 6.92 Å². The number of rotatable bonds is 6. The molecule has 3 nitrogen and oxygen atoms in total. The Morgan fingerprint density at radius 1 is 1.10 bits per heavy atom. The van der Waals surface area contributed by atoms with E-state index in [1.807, 2.05) is 49.4 Å². The molecule has 0 heterocycles. The monoisotopic (exact) mass is 285 g/mol. The Labute approximate surface area is 126 Å². The maximum atomic E-state index is 10.2. The van der Waals surface area contributed by atoms with Crippen LogP contribution < -0.4 is 10.1 Å². The molecule has 112 valence electrons. The van der Waals surface area contributed by atoms with E-state index in [2.05, 4.69) is 18.3 Å². The summed E-state index contributed by atoms with van der Waals surface area (Å²) in [7, 11) is 1.67. The fourth-order valence-electron chi connectivity index (χ4n) is 2.22. The molecule has 0 bridgehead atoms. The van der Waals surface area contributed by atoms with Crippen LogP contribution in [0.2, 0.25) is 0 Å². The average molecular weight is 285 g/mol. The van der Waals surface area contributed by atoms with Crippen molar-refractivity contribution in [3.63, 3.8) is 0 Å². The predicted octanol–water partition coefficient (Wildman–Crippen LogP) is 3.39. The molecule has 2 rings (SSSR count). The fraction of sp³-hybridized carbons (Fsp3) is 0.333. The molecule has 2 aromatic carbocycles. The number of methoxy groups -OCH3 is 1. The molecule has 0 aliphatic carbocycles. The number of aliphatic hydroxyl groups excluding tert-OH is 1. The van der Waals surface area contributed by atoms with Crippen LogP contribution in [0.3, 0.4) is 0 Å². The summed E-state index contributed by atoms with van der Waals surface area (Å²) in [4.78, 5) is 0. The first-order chi connectivity index (χ1) is 10.1. The Bertz CT molecular complexity index is 566. The van der Waals surface area contributed by atoms with Crippen LogP contribution in [0.15, 0.2) is 48.5 Å². The Kier molecular flexibility index (Phi) is 5.37. The predicted molar refractivity (Wildman–Crippen MR) is 85.6 cm³/mol. The van der Waals surface area contributed by atoms with Gasteiger partial charge in [-0.2, -0.15) is 0 Å². The van der Waals surface area contributed by atoms with Gasteiger partial charge in [-0.05, 0) is 37.1 Å². The molecule has 0 saturated carbocycles. The minimum Gasteiger partial charge on any atom is -0.497 e. The summed E-state index contributed by atoms with van der Waals surface area (Å²) in [5, 5.41) is 13.6. The van der Waals surface area contributed by atoms with Gasteiger partial charge in [0, 0.05) is 12.6 Å². The zero-order chi connectivity index (χ0) is 15.2. The van der Waals surface area contributed by atoms with E-state index in [9.17, 15) is 5.11 Å². The van der Waals surface area contributed by atoms with Crippen molar-refractivity contribution in [2.45, 2.75) is 26.0 Å². The first-order valence-corrected chi connectivity index (χ1v) is 7.22. The summed E-state index contributed by atoms with van der Waals surface area (Å²) in [6, 6.07) is 16.1. The Balaban J connectivity index is 1.93. The van der Waals surface area contributed by atoms with E-state index >= 15 is 0 Å². The van der Waals surface area contributed by atoms with Crippen molar-refractivity contribution in [2.75, 3.05) is 13.7 Å². The maximum Gasteiger partial charge on any atom is 0.119 e. The van der Waals surface area contributed by atoms with Crippen molar-refractivity contribution in [1.82, 2.24) is 5.32 Å². The molecule has 2 unspecified atom stereocenters. The van der Waals surface area contributed by atoms with Gasteiger partial charge in [-0.1, -0.05) is 42.0 Å². The highest BCUT2D eigenvalue weighted by Crippen LogP contribution is 2.20. The molecule has 2 N–H and O–H groups in total. The lowest BCUT2D eigenvalue weighted by Gasteiger charge is -2.18. The SMILES string of the molecule is COc1cccc(C(C)NCC(O)c2ccc(C)cc2)c1. The van der Waals surface area contributed by atoms with Crippen molar-refractivity contribution >= 4 is 0 Å². The second-order valence-electron chi connectivity index (χ2n) is 5.33. The lowest BCUT2D eigenvalue weighted by atomic mass is 10.1. The number of nitrogens with one attached hydrogen (secondary N) is 1. The molecule has 0 aliphatic heterocycles. The van der Waals surface area contributed by atoms with Crippen LogP contribution in [0.4, 0.5) is 0 Å². The molecule has 0 amide bonds. The van der Waals surface area contributed by atoms with Gasteiger partial charge in [-0.3, -0.25) is 0 Å². The van der Waals surface area contributed by atoms with E-state index in [1.165, 1.54) is 5.56 Å². The third-order valence-corrected chi connectivity index (χ3v) is 3.67. The second-order valence-corrected chi connectivity index (χ2v) is 5.33. The first kappa shape index (κ1) is 15.5. The van der Waals surface area contributed by atoms with E-state index in [1.54, 1.807) is 7.11 Å². The summed E-state index contributed by atoms with van der Waals surface area (Å²) >= 11 is 0. The lowest BCUT2D eigenvalue weighted by molar-refractivity contribution is 0.171. The number of benzene rings is 2. The molecule has 0 spiro atoms. The highest BCUT2D eigenvalue weighted by Gasteiger charge is 2.11. The van der Waals surface area contributed by atoms with E-state index < -0.39 is 6.10 Å². The molecule has 0 radical (unpaired) electrons. The summed E-state index contributed by atoms with van der Waals surface area (Å²) in [6.07, 6.45) is -0.501. The molecule has 2 aromatic rings. The molecular formula is C18H23NO2. The quantitative estimate of drug-likeness (QED) is 0.855. The number of hydrogen-bond acceptors (Lipinski definition) is 3. The van der Waals surface area contributed by atoms with Gasteiger partial charge in [-0.15, -0.1) is 0 Å². The summed E-state index contributed by atoms with van der Waals surface area (Å²) in [5.74, 6) is 0.847. The largest absolute Gasteiger partial charge is 0.497 e. The van der Waals surface area contributed by atoms with Gasteiger partial charge in [0.05, 0.1) is 13.2 Å². The molecule has 21 heavy (non-hydrogen) atoms. The lowest BCUT2D eigenvalue weighted by Crippen LogP contribution is -2.24. The number of aryl methyl sites for hydroxylation is 1. The van der Waals surface area contributed by atoms with Crippen molar-refractivity contribution in [3.8, 4) is 5.75 Å². The number of ether oxygens (including phenoxy) is 1. The molecule has 2 atom stereocenters. The third kappa shape index (κ3) is 4.31. The molecule has 0 fully saturated rings. The Morgan fingerprint density at radius 3 is 2.48 bits per heavy atom. The van der Waals surface area contributed by atoms with Crippen LogP contribution >= 0.6 is 0 Å². The van der Waals surface area contributed by atoms with Crippen LogP contribution in [0.1, 0.15) is 35.8 Å². The van der Waals surface area contributed by atoms with E-state index in [-0.39, 0.29) is 6.04 Å². The van der Waals surface area contributed by atoms with Crippen LogP contribution in [-0.2, 0) is 0 Å². The maximum absolute atomic E-state index is 10.2. The number of hydrogen-bond donors (Lipinski definition) is 2. The van der Waals surface area contributed by atoms with Gasteiger partial charge in [0.1, 0.15) is 5.75 Å². The van der Waals surface area contributed by atoms with Crippen molar-refractivity contribution in [2.24, 2.45) is 0 Å². The van der Waals surface area contributed by atoms with Gasteiger partial charge < -0.3 is 15.2 Å². The van der Waals surface area contributed by atoms with Crippen LogP contribution in [-0.4, -0.2) is 18.8 Å². The van der Waals surface area contributed by atoms with Crippen molar-refractivity contribution < 1.29 is 9.84 Å². The minimum atomic E-state index is -0.501. The molecule has 0 aromatic heterocycles. The highest BCUT2D eigenvalue weighted by atomic mass is 16.5. The zero-order valence-corrected chi connectivity index (χ0v) is 12.8. The molecule has 3 heteroatoms. The third-order valence-electron chi connectivity index (χ3n) is 3.67. The topological polar surface area (TPSA) is 41.5 Å². The molecule has 0 aliphatic rings. The normalized spacial score (nSPS) is 13.7. The summed E-state index contributed by atoms with van der Waals surface area (Å²) < 4.78 is 5.23. The molecular weight excluding hydrogens is 262 g/mol. The van der Waals surface area contributed by atoms with Crippen molar-refractivity contribution in [3.05, 3.63) is 65.2 Å². The highest BCUT2D eigenvalue weighted by molar-refractivity contribution is 5.30. The van der Waals surface area contributed by atoms with E-state index in [4.69, 9.17) is 4.74 Å². The second kappa shape index (κ2) is 7.25. The standard InChI is InChI=1S/C18H23NO2/c1-13-7-9-15(10-8-13)18(20)12-19-14(2)16-5-4-6-17(11-16)21-3/h4-11,14,18-20H,12H2,1-3H3. The summed E-state index contributed by atoms with van der Waals surface area (Å²) in [6.45, 7) is 4.64. The first-order valence-electron chi connectivity index (χ1n) is 7.22. The van der Waals surface area contributed by atoms with Gasteiger partial charge in [0.25, 0.3) is 0 Å². The number of aliphatic hydroxyl groups is 1. The Morgan fingerprint density at radius 2 is 1.81 bits per heavy atom. The average Bonchev–Trinajstić information content (AvgIpc) is 2.53. The fourth-order valence-corrected chi connectivity index (χ4v) is 2.22. The van der Waals surface area contributed by atoms with E-state index in [0.29, 0.717) is 6.54 Å². The molecule has 0 saturated heterocycles. The van der Waals surface area contributed by atoms with E-state index in [0.717, 1.165) is 16.9 Å². The van der Waals surface area contributed by atoms with Crippen LogP contribution in [0.25, 0.3) is 0 Å². The van der Waals surface area contributed by atoms with Gasteiger partial charge in [0.2, 0.25) is 0 Å². The van der Waals surface area contributed by atoms with Gasteiger partial charge in [0.15, 0.2) is 0 Å². The van der Waals surface area contributed by atoms with Gasteiger partial charge >= 0.3 is 0 Å². The Hall–Kier alpha value is -1.84. The zero-order valence-electron chi connectivity index (χ0n) is 12.8. The smallest absolute Gasteiger partial charge is 0.119 e.